The Kier molecular flexibility index (Phi) is 3.93. The number of carbonyl (C=O) groups excluding carboxylic acids is 1. The summed E-state index contributed by atoms with van der Waals surface area (Å²) in [5.41, 5.74) is 2.63. The van der Waals surface area contributed by atoms with Crippen LogP contribution in [0.3, 0.4) is 0 Å². The van der Waals surface area contributed by atoms with Crippen LogP contribution in [0.2, 0.25) is 0 Å². The Labute approximate surface area is 152 Å². The van der Waals surface area contributed by atoms with Gasteiger partial charge in [0.25, 0.3) is 5.91 Å². The lowest BCUT2D eigenvalue weighted by Crippen LogP contribution is -2.12. The summed E-state index contributed by atoms with van der Waals surface area (Å²) >= 11 is 3.38. The smallest absolute Gasteiger partial charge is 0.255 e. The quantitative estimate of drug-likeness (QED) is 0.490. The lowest BCUT2D eigenvalue weighted by Gasteiger charge is -2.10. The summed E-state index contributed by atoms with van der Waals surface area (Å²) < 4.78 is 12.2. The number of rotatable bonds is 3. The predicted molar refractivity (Wildman–Crippen MR) is 102 cm³/mol. The molecule has 4 aromatic rings. The molecule has 0 atom stereocenters. The number of para-hydroxylation sites is 1. The van der Waals surface area contributed by atoms with E-state index in [1.165, 1.54) is 0 Å². The average molecular weight is 396 g/mol. The van der Waals surface area contributed by atoms with Crippen LogP contribution in [0.25, 0.3) is 21.9 Å². The molecular formula is C20H14BrNO3. The molecule has 4 rings (SSSR count). The highest BCUT2D eigenvalue weighted by atomic mass is 79.9. The van der Waals surface area contributed by atoms with Crippen molar-refractivity contribution in [1.29, 1.82) is 0 Å². The van der Waals surface area contributed by atoms with Gasteiger partial charge in [-0.1, -0.05) is 40.2 Å². The van der Waals surface area contributed by atoms with Crippen LogP contribution >= 0.6 is 15.9 Å². The van der Waals surface area contributed by atoms with Gasteiger partial charge in [0.1, 0.15) is 16.9 Å². The van der Waals surface area contributed by atoms with Crippen molar-refractivity contribution >= 4 is 49.5 Å². The first-order valence-corrected chi connectivity index (χ1v) is 8.51. The minimum absolute atomic E-state index is 0.213. The molecule has 0 bridgehead atoms. The number of hydrogen-bond acceptors (Lipinski definition) is 3. The van der Waals surface area contributed by atoms with Gasteiger partial charge < -0.3 is 14.5 Å². The number of fused-ring (bicyclic) bond motifs is 3. The first-order chi connectivity index (χ1) is 12.2. The Bertz CT molecular complexity index is 1100. The SMILES string of the molecule is COc1cc2c(cc1NC(=O)c1cccc(Br)c1)oc1ccccc12. The first kappa shape index (κ1) is 15.7. The van der Waals surface area contributed by atoms with Crippen molar-refractivity contribution in [3.8, 4) is 5.75 Å². The molecule has 1 aromatic heterocycles. The number of hydrogen-bond donors (Lipinski definition) is 1. The van der Waals surface area contributed by atoms with E-state index in [2.05, 4.69) is 21.2 Å². The molecule has 25 heavy (non-hydrogen) atoms. The van der Waals surface area contributed by atoms with E-state index in [0.717, 1.165) is 20.8 Å². The second-order valence-corrected chi connectivity index (χ2v) is 6.53. The van der Waals surface area contributed by atoms with Gasteiger partial charge in [0.2, 0.25) is 0 Å². The van der Waals surface area contributed by atoms with E-state index >= 15 is 0 Å². The standard InChI is InChI=1S/C20H14BrNO3/c1-24-19-10-15-14-7-2-3-8-17(14)25-18(15)11-16(19)22-20(23)12-5-4-6-13(21)9-12/h2-11H,1H3,(H,22,23). The Morgan fingerprint density at radius 2 is 1.84 bits per heavy atom. The van der Waals surface area contributed by atoms with Crippen LogP contribution < -0.4 is 10.1 Å². The van der Waals surface area contributed by atoms with Crippen LogP contribution in [0, 0.1) is 0 Å². The molecule has 0 aliphatic heterocycles. The van der Waals surface area contributed by atoms with Crippen LogP contribution in [0.5, 0.6) is 5.75 Å². The normalized spacial score (nSPS) is 11.0. The fraction of sp³-hybridized carbons (Fsp3) is 0.0500. The molecule has 124 valence electrons. The van der Waals surface area contributed by atoms with Gasteiger partial charge in [-0.2, -0.15) is 0 Å². The molecular weight excluding hydrogens is 382 g/mol. The Morgan fingerprint density at radius 3 is 2.64 bits per heavy atom. The van der Waals surface area contributed by atoms with Gasteiger partial charge in [0.05, 0.1) is 12.8 Å². The van der Waals surface area contributed by atoms with E-state index in [0.29, 0.717) is 22.6 Å². The maximum absolute atomic E-state index is 12.5. The zero-order valence-corrected chi connectivity index (χ0v) is 15.0. The van der Waals surface area contributed by atoms with E-state index < -0.39 is 0 Å². The monoisotopic (exact) mass is 395 g/mol. The molecule has 1 heterocycles. The largest absolute Gasteiger partial charge is 0.495 e. The number of ether oxygens (including phenoxy) is 1. The van der Waals surface area contributed by atoms with E-state index in [1.54, 1.807) is 25.3 Å². The molecule has 4 nitrogen and oxygen atoms in total. The fourth-order valence-electron chi connectivity index (χ4n) is 2.84. The average Bonchev–Trinajstić information content (AvgIpc) is 2.98. The van der Waals surface area contributed by atoms with Crippen molar-refractivity contribution in [1.82, 2.24) is 0 Å². The second-order valence-electron chi connectivity index (χ2n) is 5.61. The van der Waals surface area contributed by atoms with Gasteiger partial charge in [0.15, 0.2) is 0 Å². The highest BCUT2D eigenvalue weighted by molar-refractivity contribution is 9.10. The van der Waals surface area contributed by atoms with Gasteiger partial charge in [-0.25, -0.2) is 0 Å². The van der Waals surface area contributed by atoms with Gasteiger partial charge >= 0.3 is 0 Å². The topological polar surface area (TPSA) is 51.5 Å². The van der Waals surface area contributed by atoms with Crippen molar-refractivity contribution in [2.75, 3.05) is 12.4 Å². The zero-order valence-electron chi connectivity index (χ0n) is 13.4. The van der Waals surface area contributed by atoms with Gasteiger partial charge in [-0.05, 0) is 30.3 Å². The fourth-order valence-corrected chi connectivity index (χ4v) is 3.24. The number of furan rings is 1. The van der Waals surface area contributed by atoms with E-state index in [-0.39, 0.29) is 5.91 Å². The lowest BCUT2D eigenvalue weighted by molar-refractivity contribution is 0.102. The van der Waals surface area contributed by atoms with E-state index in [4.69, 9.17) is 9.15 Å². The van der Waals surface area contributed by atoms with Crippen molar-refractivity contribution in [3.05, 3.63) is 70.7 Å². The van der Waals surface area contributed by atoms with Crippen LogP contribution in [0.1, 0.15) is 10.4 Å². The van der Waals surface area contributed by atoms with Crippen molar-refractivity contribution in [3.63, 3.8) is 0 Å². The number of benzene rings is 3. The van der Waals surface area contributed by atoms with E-state index in [1.807, 2.05) is 42.5 Å². The highest BCUT2D eigenvalue weighted by Crippen LogP contribution is 2.36. The molecule has 1 amide bonds. The third-order valence-corrected chi connectivity index (χ3v) is 4.53. The Hall–Kier alpha value is -2.79. The summed E-state index contributed by atoms with van der Waals surface area (Å²) in [4.78, 5) is 12.5. The number of amides is 1. The summed E-state index contributed by atoms with van der Waals surface area (Å²) in [6.07, 6.45) is 0. The molecule has 1 N–H and O–H groups in total. The predicted octanol–water partition coefficient (Wildman–Crippen LogP) is 5.61. The molecule has 0 radical (unpaired) electrons. The lowest BCUT2D eigenvalue weighted by atomic mass is 10.1. The molecule has 0 unspecified atom stereocenters. The van der Waals surface area contributed by atoms with Crippen LogP contribution in [-0.2, 0) is 0 Å². The minimum Gasteiger partial charge on any atom is -0.495 e. The number of anilines is 1. The molecule has 0 saturated carbocycles. The minimum atomic E-state index is -0.213. The summed E-state index contributed by atoms with van der Waals surface area (Å²) in [6.45, 7) is 0. The molecule has 0 saturated heterocycles. The number of nitrogens with one attached hydrogen (secondary N) is 1. The molecule has 0 aliphatic rings. The second kappa shape index (κ2) is 6.26. The van der Waals surface area contributed by atoms with Crippen LogP contribution in [0.15, 0.2) is 69.6 Å². The summed E-state index contributed by atoms with van der Waals surface area (Å²) in [5, 5.41) is 4.86. The van der Waals surface area contributed by atoms with Crippen LogP contribution in [-0.4, -0.2) is 13.0 Å². The van der Waals surface area contributed by atoms with Gasteiger partial charge in [0, 0.05) is 26.9 Å². The molecule has 0 spiro atoms. The maximum Gasteiger partial charge on any atom is 0.255 e. The number of methoxy groups -OCH3 is 1. The zero-order chi connectivity index (χ0) is 17.4. The Balaban J connectivity index is 1.78. The molecule has 5 heteroatoms. The molecule has 0 aliphatic carbocycles. The number of carbonyl (C=O) groups is 1. The maximum atomic E-state index is 12.5. The summed E-state index contributed by atoms with van der Waals surface area (Å²) in [5.74, 6) is 0.373. The summed E-state index contributed by atoms with van der Waals surface area (Å²) in [7, 11) is 1.58. The molecule has 3 aromatic carbocycles. The highest BCUT2D eigenvalue weighted by Gasteiger charge is 2.15. The Morgan fingerprint density at radius 1 is 1.00 bits per heavy atom. The van der Waals surface area contributed by atoms with Crippen molar-refractivity contribution in [2.45, 2.75) is 0 Å². The van der Waals surface area contributed by atoms with Crippen LogP contribution in [0.4, 0.5) is 5.69 Å². The molecule has 0 fully saturated rings. The van der Waals surface area contributed by atoms with Crippen molar-refractivity contribution in [2.24, 2.45) is 0 Å². The third kappa shape index (κ3) is 2.87. The van der Waals surface area contributed by atoms with Crippen molar-refractivity contribution < 1.29 is 13.9 Å². The van der Waals surface area contributed by atoms with Gasteiger partial charge in [-0.3, -0.25) is 4.79 Å². The number of halogens is 1. The van der Waals surface area contributed by atoms with E-state index in [9.17, 15) is 4.79 Å². The van der Waals surface area contributed by atoms with Gasteiger partial charge in [-0.15, -0.1) is 0 Å². The third-order valence-electron chi connectivity index (χ3n) is 4.03. The first-order valence-electron chi connectivity index (χ1n) is 7.72. The summed E-state index contributed by atoms with van der Waals surface area (Å²) in [6, 6.07) is 18.7.